The molecule has 2 heterocycles. The highest BCUT2D eigenvalue weighted by atomic mass is 16.2. The maximum absolute atomic E-state index is 13.3. The first-order valence-corrected chi connectivity index (χ1v) is 11.3. The standard InChI is InChI=1S/C26H31N5O/c1-20(30(2)19-23-15-10-18-31(23)24-16-9-17-27-29-24)26(32)28-25(21-11-5-3-6-12-21)22-13-7-4-8-14-22/h3-9,11-14,16-17,20,23,25H,10,15,18-19H2,1-2H3,(H,28,32). The highest BCUT2D eigenvalue weighted by Gasteiger charge is 2.30. The summed E-state index contributed by atoms with van der Waals surface area (Å²) < 4.78 is 0. The molecule has 0 radical (unpaired) electrons. The lowest BCUT2D eigenvalue weighted by Crippen LogP contribution is -2.49. The molecule has 6 heteroatoms. The first-order valence-electron chi connectivity index (χ1n) is 11.3. The number of hydrogen-bond donors (Lipinski definition) is 1. The fourth-order valence-corrected chi connectivity index (χ4v) is 4.38. The number of benzene rings is 2. The second-order valence-electron chi connectivity index (χ2n) is 8.45. The van der Waals surface area contributed by atoms with Gasteiger partial charge in [0.15, 0.2) is 5.82 Å². The van der Waals surface area contributed by atoms with E-state index in [0.717, 1.165) is 42.9 Å². The van der Waals surface area contributed by atoms with Gasteiger partial charge in [0.05, 0.1) is 12.1 Å². The Labute approximate surface area is 190 Å². The van der Waals surface area contributed by atoms with Gasteiger partial charge in [-0.05, 0) is 50.1 Å². The summed E-state index contributed by atoms with van der Waals surface area (Å²) in [6.07, 6.45) is 3.91. The molecule has 166 valence electrons. The lowest BCUT2D eigenvalue weighted by Gasteiger charge is -2.32. The van der Waals surface area contributed by atoms with E-state index < -0.39 is 0 Å². The van der Waals surface area contributed by atoms with E-state index in [1.54, 1.807) is 6.20 Å². The summed E-state index contributed by atoms with van der Waals surface area (Å²) in [7, 11) is 2.03. The molecule has 2 aromatic carbocycles. The van der Waals surface area contributed by atoms with E-state index >= 15 is 0 Å². The molecule has 2 unspecified atom stereocenters. The lowest BCUT2D eigenvalue weighted by atomic mass is 9.98. The Balaban J connectivity index is 1.44. The normalized spacial score (nSPS) is 17.0. The number of likely N-dealkylation sites (N-methyl/N-ethyl adjacent to an activating group) is 1. The number of amides is 1. The quantitative estimate of drug-likeness (QED) is 0.592. The van der Waals surface area contributed by atoms with Gasteiger partial charge in [-0.25, -0.2) is 0 Å². The maximum atomic E-state index is 13.3. The van der Waals surface area contributed by atoms with Gasteiger partial charge in [0.2, 0.25) is 5.91 Å². The van der Waals surface area contributed by atoms with Crippen LogP contribution in [0.1, 0.15) is 36.9 Å². The Morgan fingerprint density at radius 1 is 1.06 bits per heavy atom. The van der Waals surface area contributed by atoms with Crippen molar-refractivity contribution in [3.63, 3.8) is 0 Å². The zero-order valence-electron chi connectivity index (χ0n) is 18.8. The van der Waals surface area contributed by atoms with E-state index in [1.165, 1.54) is 0 Å². The van der Waals surface area contributed by atoms with Gasteiger partial charge in [0.25, 0.3) is 0 Å². The summed E-state index contributed by atoms with van der Waals surface area (Å²) in [5.74, 6) is 0.933. The SMILES string of the molecule is CC(C(=O)NC(c1ccccc1)c1ccccc1)N(C)CC1CCCN1c1cccnn1. The topological polar surface area (TPSA) is 61.4 Å². The minimum Gasteiger partial charge on any atom is -0.351 e. The third-order valence-electron chi connectivity index (χ3n) is 6.32. The number of rotatable bonds is 8. The molecular weight excluding hydrogens is 398 g/mol. The third kappa shape index (κ3) is 5.14. The van der Waals surface area contributed by atoms with Crippen molar-refractivity contribution in [1.82, 2.24) is 20.4 Å². The zero-order valence-corrected chi connectivity index (χ0v) is 18.8. The molecule has 1 fully saturated rings. The number of carbonyl (C=O) groups excluding carboxylic acids is 1. The van der Waals surface area contributed by atoms with Crippen LogP contribution in [-0.2, 0) is 4.79 Å². The van der Waals surface area contributed by atoms with Crippen molar-refractivity contribution in [2.24, 2.45) is 0 Å². The summed E-state index contributed by atoms with van der Waals surface area (Å²) >= 11 is 0. The van der Waals surface area contributed by atoms with Gasteiger partial charge in [-0.2, -0.15) is 5.10 Å². The molecule has 2 atom stereocenters. The molecule has 6 nitrogen and oxygen atoms in total. The monoisotopic (exact) mass is 429 g/mol. The molecular formula is C26H31N5O. The van der Waals surface area contributed by atoms with Gasteiger partial charge in [-0.3, -0.25) is 9.69 Å². The van der Waals surface area contributed by atoms with Crippen molar-refractivity contribution in [3.05, 3.63) is 90.1 Å². The van der Waals surface area contributed by atoms with E-state index in [0.29, 0.717) is 6.04 Å². The number of nitrogens with one attached hydrogen (secondary N) is 1. The van der Waals surface area contributed by atoms with Gasteiger partial charge in [0, 0.05) is 25.3 Å². The average Bonchev–Trinajstić information content (AvgIpc) is 3.31. The van der Waals surface area contributed by atoms with Crippen molar-refractivity contribution >= 4 is 11.7 Å². The first kappa shape index (κ1) is 22.0. The van der Waals surface area contributed by atoms with E-state index in [-0.39, 0.29) is 18.0 Å². The second-order valence-corrected chi connectivity index (χ2v) is 8.45. The lowest BCUT2D eigenvalue weighted by molar-refractivity contribution is -0.126. The minimum absolute atomic E-state index is 0.0225. The molecule has 0 aliphatic carbocycles. The summed E-state index contributed by atoms with van der Waals surface area (Å²) in [6, 6.07) is 24.1. The average molecular weight is 430 g/mol. The van der Waals surface area contributed by atoms with Crippen LogP contribution < -0.4 is 10.2 Å². The van der Waals surface area contributed by atoms with Crippen LogP contribution in [0.2, 0.25) is 0 Å². The highest BCUT2D eigenvalue weighted by Crippen LogP contribution is 2.25. The molecule has 0 bridgehead atoms. The van der Waals surface area contributed by atoms with Crippen LogP contribution in [0.5, 0.6) is 0 Å². The van der Waals surface area contributed by atoms with Crippen molar-refractivity contribution in [2.75, 3.05) is 25.0 Å². The number of aromatic nitrogens is 2. The molecule has 1 amide bonds. The molecule has 1 aliphatic rings. The molecule has 4 rings (SSSR count). The molecule has 0 saturated carbocycles. The number of carbonyl (C=O) groups is 1. The van der Waals surface area contributed by atoms with Crippen LogP contribution in [0.3, 0.4) is 0 Å². The predicted octanol–water partition coefficient (Wildman–Crippen LogP) is 3.67. The van der Waals surface area contributed by atoms with Gasteiger partial charge in [-0.15, -0.1) is 5.10 Å². The van der Waals surface area contributed by atoms with Gasteiger partial charge >= 0.3 is 0 Å². The molecule has 1 saturated heterocycles. The van der Waals surface area contributed by atoms with Crippen LogP contribution >= 0.6 is 0 Å². The summed E-state index contributed by atoms with van der Waals surface area (Å²) in [4.78, 5) is 17.7. The third-order valence-corrected chi connectivity index (χ3v) is 6.32. The second kappa shape index (κ2) is 10.4. The van der Waals surface area contributed by atoms with Gasteiger partial charge in [-0.1, -0.05) is 60.7 Å². The number of anilines is 1. The fraction of sp³-hybridized carbons (Fsp3) is 0.346. The minimum atomic E-state index is -0.255. The summed E-state index contributed by atoms with van der Waals surface area (Å²) in [5.41, 5.74) is 2.15. The Morgan fingerprint density at radius 2 is 1.72 bits per heavy atom. The Bertz CT molecular complexity index is 943. The van der Waals surface area contributed by atoms with Gasteiger partial charge < -0.3 is 10.2 Å². The molecule has 1 aliphatic heterocycles. The first-order chi connectivity index (χ1) is 15.6. The van der Waals surface area contributed by atoms with Crippen LogP contribution in [0, 0.1) is 0 Å². The molecule has 32 heavy (non-hydrogen) atoms. The van der Waals surface area contributed by atoms with Crippen molar-refractivity contribution in [3.8, 4) is 0 Å². The number of nitrogens with zero attached hydrogens (tertiary/aromatic N) is 4. The van der Waals surface area contributed by atoms with E-state index in [9.17, 15) is 4.79 Å². The van der Waals surface area contributed by atoms with Crippen LogP contribution in [-0.4, -0.2) is 53.2 Å². The molecule has 3 aromatic rings. The van der Waals surface area contributed by atoms with Crippen LogP contribution in [0.4, 0.5) is 5.82 Å². The predicted molar refractivity (Wildman–Crippen MR) is 127 cm³/mol. The largest absolute Gasteiger partial charge is 0.351 e. The molecule has 1 N–H and O–H groups in total. The van der Waals surface area contributed by atoms with Crippen molar-refractivity contribution in [1.29, 1.82) is 0 Å². The van der Waals surface area contributed by atoms with Crippen LogP contribution in [0.15, 0.2) is 79.0 Å². The zero-order chi connectivity index (χ0) is 22.3. The smallest absolute Gasteiger partial charge is 0.237 e. The molecule has 1 aromatic heterocycles. The number of hydrogen-bond acceptors (Lipinski definition) is 5. The Morgan fingerprint density at radius 3 is 2.31 bits per heavy atom. The van der Waals surface area contributed by atoms with Crippen molar-refractivity contribution in [2.45, 2.75) is 37.9 Å². The van der Waals surface area contributed by atoms with Gasteiger partial charge in [0.1, 0.15) is 0 Å². The van der Waals surface area contributed by atoms with Crippen molar-refractivity contribution < 1.29 is 4.79 Å². The summed E-state index contributed by atoms with van der Waals surface area (Å²) in [5, 5.41) is 11.6. The fourth-order valence-electron chi connectivity index (χ4n) is 4.38. The Kier molecular flexibility index (Phi) is 7.12. The highest BCUT2D eigenvalue weighted by molar-refractivity contribution is 5.82. The molecule has 0 spiro atoms. The van der Waals surface area contributed by atoms with E-state index in [4.69, 9.17) is 0 Å². The summed E-state index contributed by atoms with van der Waals surface area (Å²) in [6.45, 7) is 3.75. The van der Waals surface area contributed by atoms with E-state index in [2.05, 4.69) is 49.6 Å². The van der Waals surface area contributed by atoms with Crippen LogP contribution in [0.25, 0.3) is 0 Å². The van der Waals surface area contributed by atoms with E-state index in [1.807, 2.05) is 62.5 Å². The Hall–Kier alpha value is -3.25. The maximum Gasteiger partial charge on any atom is 0.237 e.